The van der Waals surface area contributed by atoms with E-state index in [1.54, 1.807) is 0 Å². The second-order valence-corrected chi connectivity index (χ2v) is 7.99. The Morgan fingerprint density at radius 3 is 1.96 bits per heavy atom. The third kappa shape index (κ3) is 11.6. The first-order valence-corrected chi connectivity index (χ1v) is 11.2. The first kappa shape index (κ1) is 22.5. The molecule has 0 fully saturated rings. The van der Waals surface area contributed by atoms with Crippen molar-refractivity contribution in [3.63, 3.8) is 0 Å². The molecule has 0 unspecified atom stereocenters. The minimum Gasteiger partial charge on any atom is -0.370 e. The van der Waals surface area contributed by atoms with Gasteiger partial charge in [0.1, 0.15) is 0 Å². The summed E-state index contributed by atoms with van der Waals surface area (Å²) in [6.45, 7) is 8.33. The molecule has 1 heterocycles. The highest BCUT2D eigenvalue weighted by Crippen LogP contribution is 2.25. The lowest BCUT2D eigenvalue weighted by Crippen LogP contribution is -2.26. The zero-order valence-electron chi connectivity index (χ0n) is 17.2. The van der Waals surface area contributed by atoms with Crippen molar-refractivity contribution in [2.24, 2.45) is 0 Å². The summed E-state index contributed by atoms with van der Waals surface area (Å²) in [7, 11) is 0. The lowest BCUT2D eigenvalue weighted by molar-refractivity contribution is -0.00482. The van der Waals surface area contributed by atoms with Crippen LogP contribution in [0.3, 0.4) is 0 Å². The van der Waals surface area contributed by atoms with Crippen molar-refractivity contribution in [1.29, 1.82) is 0 Å². The molecular formula is C24H44O. The Labute approximate surface area is 158 Å². The van der Waals surface area contributed by atoms with Gasteiger partial charge in [-0.25, -0.2) is 0 Å². The largest absolute Gasteiger partial charge is 0.370 e. The van der Waals surface area contributed by atoms with Crippen molar-refractivity contribution < 1.29 is 4.74 Å². The molecule has 0 spiro atoms. The van der Waals surface area contributed by atoms with Gasteiger partial charge in [-0.15, -0.1) is 6.58 Å². The Morgan fingerprint density at radius 1 is 0.920 bits per heavy atom. The Morgan fingerprint density at radius 2 is 1.44 bits per heavy atom. The zero-order chi connectivity index (χ0) is 18.2. The maximum atomic E-state index is 6.21. The SMILES string of the molecule is C=CC[C@@H]1O[C@@H](CCCCCCCCCCCCCCC)CC=C1C. The van der Waals surface area contributed by atoms with Crippen LogP contribution in [0.15, 0.2) is 24.3 Å². The lowest BCUT2D eigenvalue weighted by atomic mass is 9.98. The predicted molar refractivity (Wildman–Crippen MR) is 112 cm³/mol. The molecule has 1 aliphatic heterocycles. The molecule has 0 saturated heterocycles. The molecule has 1 rings (SSSR count). The molecule has 0 bridgehead atoms. The third-order valence-corrected chi connectivity index (χ3v) is 5.58. The summed E-state index contributed by atoms with van der Waals surface area (Å²) in [6.07, 6.45) is 26.9. The van der Waals surface area contributed by atoms with Crippen LogP contribution in [0.2, 0.25) is 0 Å². The van der Waals surface area contributed by atoms with Crippen molar-refractivity contribution in [2.45, 2.75) is 129 Å². The Bertz CT molecular complexity index is 344. The van der Waals surface area contributed by atoms with Gasteiger partial charge in [0.25, 0.3) is 0 Å². The van der Waals surface area contributed by atoms with Crippen LogP contribution >= 0.6 is 0 Å². The fraction of sp³-hybridized carbons (Fsp3) is 0.833. The second kappa shape index (κ2) is 15.7. The summed E-state index contributed by atoms with van der Waals surface area (Å²) in [4.78, 5) is 0. The van der Waals surface area contributed by atoms with Crippen molar-refractivity contribution in [2.75, 3.05) is 0 Å². The van der Waals surface area contributed by atoms with Gasteiger partial charge in [-0.05, 0) is 31.8 Å². The Hall–Kier alpha value is -0.560. The molecule has 146 valence electrons. The van der Waals surface area contributed by atoms with E-state index in [1.165, 1.54) is 95.5 Å². The van der Waals surface area contributed by atoms with Gasteiger partial charge in [-0.1, -0.05) is 103 Å². The van der Waals surface area contributed by atoms with Gasteiger partial charge in [0.2, 0.25) is 0 Å². The minimum atomic E-state index is 0.290. The predicted octanol–water partition coefficient (Wildman–Crippen LogP) is 8.15. The molecule has 0 aromatic heterocycles. The molecule has 2 atom stereocenters. The van der Waals surface area contributed by atoms with E-state index in [9.17, 15) is 0 Å². The van der Waals surface area contributed by atoms with Crippen LogP contribution < -0.4 is 0 Å². The van der Waals surface area contributed by atoms with Crippen LogP contribution in [0, 0.1) is 0 Å². The van der Waals surface area contributed by atoms with Gasteiger partial charge in [0, 0.05) is 0 Å². The molecule has 0 aromatic carbocycles. The van der Waals surface area contributed by atoms with Crippen molar-refractivity contribution >= 4 is 0 Å². The molecule has 0 N–H and O–H groups in total. The van der Waals surface area contributed by atoms with Crippen LogP contribution in [0.1, 0.15) is 117 Å². The molecule has 1 nitrogen and oxygen atoms in total. The molecule has 1 heteroatoms. The van der Waals surface area contributed by atoms with E-state index in [0.29, 0.717) is 12.2 Å². The van der Waals surface area contributed by atoms with Crippen LogP contribution in [0.25, 0.3) is 0 Å². The molecule has 25 heavy (non-hydrogen) atoms. The quantitative estimate of drug-likeness (QED) is 0.202. The Kier molecular flexibility index (Phi) is 14.1. The summed E-state index contributed by atoms with van der Waals surface area (Å²) < 4.78 is 6.21. The highest BCUT2D eigenvalue weighted by Gasteiger charge is 2.20. The van der Waals surface area contributed by atoms with E-state index >= 15 is 0 Å². The van der Waals surface area contributed by atoms with Gasteiger partial charge in [-0.3, -0.25) is 0 Å². The highest BCUT2D eigenvalue weighted by atomic mass is 16.5. The van der Waals surface area contributed by atoms with Crippen molar-refractivity contribution in [3.05, 3.63) is 24.3 Å². The normalized spacial score (nSPS) is 20.5. The number of ether oxygens (including phenoxy) is 1. The number of unbranched alkanes of at least 4 members (excludes halogenated alkanes) is 12. The highest BCUT2D eigenvalue weighted by molar-refractivity contribution is 5.10. The van der Waals surface area contributed by atoms with Crippen molar-refractivity contribution in [1.82, 2.24) is 0 Å². The molecule has 0 amide bonds. The first-order chi connectivity index (χ1) is 12.3. The van der Waals surface area contributed by atoms with E-state index < -0.39 is 0 Å². The van der Waals surface area contributed by atoms with Crippen LogP contribution in [-0.2, 0) is 4.74 Å². The van der Waals surface area contributed by atoms with Crippen LogP contribution in [-0.4, -0.2) is 12.2 Å². The number of hydrogen-bond acceptors (Lipinski definition) is 1. The third-order valence-electron chi connectivity index (χ3n) is 5.58. The fourth-order valence-corrected chi connectivity index (χ4v) is 3.81. The Balaban J connectivity index is 1.87. The van der Waals surface area contributed by atoms with Crippen LogP contribution in [0.5, 0.6) is 0 Å². The lowest BCUT2D eigenvalue weighted by Gasteiger charge is -2.29. The maximum Gasteiger partial charge on any atom is 0.0820 e. The summed E-state index contributed by atoms with van der Waals surface area (Å²) in [5, 5.41) is 0. The summed E-state index contributed by atoms with van der Waals surface area (Å²) >= 11 is 0. The summed E-state index contributed by atoms with van der Waals surface area (Å²) in [5.41, 5.74) is 1.39. The first-order valence-electron chi connectivity index (χ1n) is 11.2. The summed E-state index contributed by atoms with van der Waals surface area (Å²) in [5.74, 6) is 0. The maximum absolute atomic E-state index is 6.21. The van der Waals surface area contributed by atoms with E-state index in [2.05, 4.69) is 26.5 Å². The zero-order valence-corrected chi connectivity index (χ0v) is 17.2. The van der Waals surface area contributed by atoms with E-state index in [4.69, 9.17) is 4.74 Å². The topological polar surface area (TPSA) is 9.23 Å². The fourth-order valence-electron chi connectivity index (χ4n) is 3.81. The van der Waals surface area contributed by atoms with Gasteiger partial charge >= 0.3 is 0 Å². The molecule has 0 aliphatic carbocycles. The molecule has 1 aliphatic rings. The molecule has 0 aromatic rings. The van der Waals surface area contributed by atoms with Crippen molar-refractivity contribution in [3.8, 4) is 0 Å². The van der Waals surface area contributed by atoms with Crippen LogP contribution in [0.4, 0.5) is 0 Å². The number of hydrogen-bond donors (Lipinski definition) is 0. The van der Waals surface area contributed by atoms with Gasteiger partial charge < -0.3 is 4.74 Å². The molecular weight excluding hydrogens is 304 g/mol. The van der Waals surface area contributed by atoms with E-state index in [1.807, 2.05) is 6.08 Å². The summed E-state index contributed by atoms with van der Waals surface area (Å²) in [6, 6.07) is 0. The average molecular weight is 349 g/mol. The minimum absolute atomic E-state index is 0.290. The average Bonchev–Trinajstić information content (AvgIpc) is 2.62. The van der Waals surface area contributed by atoms with Gasteiger partial charge in [-0.2, -0.15) is 0 Å². The molecule has 0 radical (unpaired) electrons. The van der Waals surface area contributed by atoms with E-state index in [0.717, 1.165) is 12.8 Å². The number of rotatable bonds is 16. The smallest absolute Gasteiger partial charge is 0.0820 e. The molecule has 0 saturated carbocycles. The standard InChI is InChI=1S/C24H44O/c1-4-6-7-8-9-10-11-12-13-14-15-16-17-19-23-21-20-22(3)24(25-23)18-5-2/h5,20,23-24H,2,4,6-19,21H2,1,3H3/t23-,24-/m0/s1. The second-order valence-electron chi connectivity index (χ2n) is 7.99. The monoisotopic (exact) mass is 348 g/mol. The van der Waals surface area contributed by atoms with Gasteiger partial charge in [0.15, 0.2) is 0 Å². The van der Waals surface area contributed by atoms with Gasteiger partial charge in [0.05, 0.1) is 12.2 Å². The van der Waals surface area contributed by atoms with E-state index in [-0.39, 0.29) is 0 Å².